The normalized spacial score (nSPS) is 13.9. The van der Waals surface area contributed by atoms with Crippen LogP contribution in [0.2, 0.25) is 0 Å². The van der Waals surface area contributed by atoms with E-state index in [0.29, 0.717) is 6.61 Å². The molecule has 0 saturated carbocycles. The maximum absolute atomic E-state index is 13.2. The molecule has 1 heterocycles. The molecular formula is C24H24FNO3. The molecule has 0 radical (unpaired) electrons. The summed E-state index contributed by atoms with van der Waals surface area (Å²) in [6.45, 7) is 2.81. The molecule has 0 saturated heterocycles. The number of hydrogen-bond donors (Lipinski definition) is 0. The van der Waals surface area contributed by atoms with Crippen LogP contribution >= 0.6 is 0 Å². The summed E-state index contributed by atoms with van der Waals surface area (Å²) in [6, 6.07) is 18.8. The van der Waals surface area contributed by atoms with Crippen LogP contribution < -0.4 is 14.2 Å². The monoisotopic (exact) mass is 393 g/mol. The molecule has 4 nitrogen and oxygen atoms in total. The van der Waals surface area contributed by atoms with E-state index >= 15 is 0 Å². The first kappa shape index (κ1) is 19.3. The first-order valence-corrected chi connectivity index (χ1v) is 9.61. The topological polar surface area (TPSA) is 30.9 Å². The van der Waals surface area contributed by atoms with E-state index in [1.54, 1.807) is 14.2 Å². The van der Waals surface area contributed by atoms with Crippen molar-refractivity contribution in [3.63, 3.8) is 0 Å². The van der Waals surface area contributed by atoms with Crippen LogP contribution in [0.1, 0.15) is 11.1 Å². The van der Waals surface area contributed by atoms with Crippen molar-refractivity contribution >= 4 is 0 Å². The zero-order valence-electron chi connectivity index (χ0n) is 16.7. The summed E-state index contributed by atoms with van der Waals surface area (Å²) in [6.07, 6.45) is 0. The van der Waals surface area contributed by atoms with E-state index in [1.165, 1.54) is 12.1 Å². The van der Waals surface area contributed by atoms with Gasteiger partial charge in [0.05, 0.1) is 14.2 Å². The highest BCUT2D eigenvalue weighted by atomic mass is 19.1. The molecule has 29 heavy (non-hydrogen) atoms. The Kier molecular flexibility index (Phi) is 5.67. The van der Waals surface area contributed by atoms with Crippen molar-refractivity contribution in [2.24, 2.45) is 0 Å². The van der Waals surface area contributed by atoms with Gasteiger partial charge in [-0.2, -0.15) is 0 Å². The van der Waals surface area contributed by atoms with Gasteiger partial charge in [0.2, 0.25) is 0 Å². The van der Waals surface area contributed by atoms with Crippen molar-refractivity contribution in [3.8, 4) is 28.4 Å². The van der Waals surface area contributed by atoms with E-state index in [2.05, 4.69) is 17.0 Å². The maximum atomic E-state index is 13.2. The van der Waals surface area contributed by atoms with Crippen LogP contribution in [-0.4, -0.2) is 32.3 Å². The predicted molar refractivity (Wildman–Crippen MR) is 111 cm³/mol. The Bertz CT molecular complexity index is 988. The third-order valence-corrected chi connectivity index (χ3v) is 5.12. The number of fused-ring (bicyclic) bond motifs is 1. The summed E-state index contributed by atoms with van der Waals surface area (Å²) in [5.41, 5.74) is 4.25. The minimum absolute atomic E-state index is 0.217. The quantitative estimate of drug-likeness (QED) is 0.617. The van der Waals surface area contributed by atoms with Gasteiger partial charge in [-0.3, -0.25) is 4.90 Å². The molecule has 0 fully saturated rings. The average Bonchev–Trinajstić information content (AvgIpc) is 2.96. The van der Waals surface area contributed by atoms with Gasteiger partial charge in [0.25, 0.3) is 0 Å². The highest BCUT2D eigenvalue weighted by Crippen LogP contribution is 2.39. The summed E-state index contributed by atoms with van der Waals surface area (Å²) in [5, 5.41) is 0. The molecule has 1 aliphatic heterocycles. The minimum atomic E-state index is -0.217. The SMILES string of the molecule is COc1cccc(-c2cc3c(c(OC)c2)OCCN(Cc2ccc(F)cc2)C3)c1. The van der Waals surface area contributed by atoms with Crippen LogP contribution in [-0.2, 0) is 13.1 Å². The first-order valence-electron chi connectivity index (χ1n) is 9.61. The molecule has 3 aromatic rings. The largest absolute Gasteiger partial charge is 0.497 e. The first-order chi connectivity index (χ1) is 14.2. The second kappa shape index (κ2) is 8.53. The van der Waals surface area contributed by atoms with E-state index in [0.717, 1.165) is 59.1 Å². The van der Waals surface area contributed by atoms with E-state index in [9.17, 15) is 4.39 Å². The highest BCUT2D eigenvalue weighted by Gasteiger charge is 2.21. The minimum Gasteiger partial charge on any atom is -0.497 e. The highest BCUT2D eigenvalue weighted by molar-refractivity contribution is 5.70. The lowest BCUT2D eigenvalue weighted by Crippen LogP contribution is -2.25. The molecule has 0 spiro atoms. The molecule has 1 aliphatic rings. The van der Waals surface area contributed by atoms with Gasteiger partial charge in [0, 0.05) is 25.2 Å². The zero-order chi connectivity index (χ0) is 20.2. The summed E-state index contributed by atoms with van der Waals surface area (Å²) >= 11 is 0. The van der Waals surface area contributed by atoms with Gasteiger partial charge in [0.15, 0.2) is 11.5 Å². The number of rotatable bonds is 5. The summed E-state index contributed by atoms with van der Waals surface area (Å²) in [4.78, 5) is 2.30. The zero-order valence-corrected chi connectivity index (χ0v) is 16.7. The van der Waals surface area contributed by atoms with Crippen molar-refractivity contribution in [1.82, 2.24) is 4.90 Å². The van der Waals surface area contributed by atoms with Crippen LogP contribution in [0.25, 0.3) is 11.1 Å². The molecule has 5 heteroatoms. The van der Waals surface area contributed by atoms with E-state index in [-0.39, 0.29) is 5.82 Å². The van der Waals surface area contributed by atoms with E-state index in [4.69, 9.17) is 14.2 Å². The molecule has 150 valence electrons. The summed E-state index contributed by atoms with van der Waals surface area (Å²) in [7, 11) is 3.33. The Morgan fingerprint density at radius 2 is 1.79 bits per heavy atom. The molecule has 3 aromatic carbocycles. The molecule has 0 atom stereocenters. The Morgan fingerprint density at radius 3 is 2.55 bits per heavy atom. The fourth-order valence-electron chi connectivity index (χ4n) is 3.64. The Morgan fingerprint density at radius 1 is 0.966 bits per heavy atom. The molecule has 0 aliphatic carbocycles. The number of methoxy groups -OCH3 is 2. The third kappa shape index (κ3) is 4.35. The van der Waals surface area contributed by atoms with Gasteiger partial charge in [-0.15, -0.1) is 0 Å². The molecule has 0 unspecified atom stereocenters. The molecule has 0 bridgehead atoms. The van der Waals surface area contributed by atoms with Crippen LogP contribution in [0.15, 0.2) is 60.7 Å². The van der Waals surface area contributed by atoms with Gasteiger partial charge in [-0.05, 0) is 53.1 Å². The fourth-order valence-corrected chi connectivity index (χ4v) is 3.64. The van der Waals surface area contributed by atoms with Crippen molar-refractivity contribution in [1.29, 1.82) is 0 Å². The van der Waals surface area contributed by atoms with Crippen LogP contribution in [0.4, 0.5) is 4.39 Å². The standard InChI is InChI=1S/C24H24FNO3/c1-27-22-5-3-4-18(13-22)19-12-20-16-26(15-17-6-8-21(25)9-7-17)10-11-29-24(20)23(14-19)28-2/h3-9,12-14H,10-11,15-16H2,1-2H3. The van der Waals surface area contributed by atoms with Crippen molar-refractivity contribution in [3.05, 3.63) is 77.6 Å². The summed E-state index contributed by atoms with van der Waals surface area (Å²) in [5.74, 6) is 2.11. The molecule has 4 rings (SSSR count). The lowest BCUT2D eigenvalue weighted by molar-refractivity contribution is 0.217. The van der Waals surface area contributed by atoms with Gasteiger partial charge >= 0.3 is 0 Å². The predicted octanol–water partition coefficient (Wildman–Crippen LogP) is 4.90. The van der Waals surface area contributed by atoms with Crippen LogP contribution in [0.3, 0.4) is 0 Å². The number of halogens is 1. The molecule has 0 N–H and O–H groups in total. The molecule has 0 amide bonds. The number of hydrogen-bond acceptors (Lipinski definition) is 4. The van der Waals surface area contributed by atoms with Crippen molar-refractivity contribution in [2.75, 3.05) is 27.4 Å². The van der Waals surface area contributed by atoms with Gasteiger partial charge in [0.1, 0.15) is 18.2 Å². The van der Waals surface area contributed by atoms with Gasteiger partial charge in [-0.25, -0.2) is 4.39 Å². The lowest BCUT2D eigenvalue weighted by Gasteiger charge is -2.20. The smallest absolute Gasteiger partial charge is 0.165 e. The van der Waals surface area contributed by atoms with Crippen LogP contribution in [0.5, 0.6) is 17.2 Å². The van der Waals surface area contributed by atoms with E-state index in [1.807, 2.05) is 36.4 Å². The average molecular weight is 393 g/mol. The van der Waals surface area contributed by atoms with Crippen LogP contribution in [0, 0.1) is 5.82 Å². The Balaban J connectivity index is 1.66. The second-order valence-corrected chi connectivity index (χ2v) is 7.08. The number of benzene rings is 3. The van der Waals surface area contributed by atoms with Gasteiger partial charge in [-0.1, -0.05) is 24.3 Å². The second-order valence-electron chi connectivity index (χ2n) is 7.08. The fraction of sp³-hybridized carbons (Fsp3) is 0.250. The Labute approximate surface area is 170 Å². The summed E-state index contributed by atoms with van der Waals surface area (Å²) < 4.78 is 30.3. The number of nitrogens with zero attached hydrogens (tertiary/aromatic N) is 1. The Hall–Kier alpha value is -3.05. The molecule has 0 aromatic heterocycles. The van der Waals surface area contributed by atoms with E-state index < -0.39 is 0 Å². The van der Waals surface area contributed by atoms with Crippen molar-refractivity contribution in [2.45, 2.75) is 13.1 Å². The number of ether oxygens (including phenoxy) is 3. The van der Waals surface area contributed by atoms with Gasteiger partial charge < -0.3 is 14.2 Å². The molecular weight excluding hydrogens is 369 g/mol. The lowest BCUT2D eigenvalue weighted by atomic mass is 10.0. The third-order valence-electron chi connectivity index (χ3n) is 5.12. The van der Waals surface area contributed by atoms with Crippen molar-refractivity contribution < 1.29 is 18.6 Å². The maximum Gasteiger partial charge on any atom is 0.165 e.